The van der Waals surface area contributed by atoms with Crippen LogP contribution in [-0.4, -0.2) is 21.9 Å². The fourth-order valence-corrected chi connectivity index (χ4v) is 2.50. The maximum Gasteiger partial charge on any atom is 0.103 e. The van der Waals surface area contributed by atoms with Gasteiger partial charge in [-0.15, -0.1) is 0 Å². The van der Waals surface area contributed by atoms with Gasteiger partial charge in [0.1, 0.15) is 5.54 Å². The molecule has 4 nitrogen and oxygen atoms in total. The Morgan fingerprint density at radius 1 is 1.40 bits per heavy atom. The molecular weight excluding hydrogens is 316 g/mol. The number of nitrogens with one attached hydrogen (secondary N) is 1. The Morgan fingerprint density at radius 2 is 2.10 bits per heavy atom. The zero-order valence-corrected chi connectivity index (χ0v) is 14.5. The number of aryl methyl sites for hydroxylation is 2. The molecule has 0 aromatic carbocycles. The van der Waals surface area contributed by atoms with Crippen LogP contribution in [0.3, 0.4) is 0 Å². The standard InChI is InChI=1S/C15H25BrN4/c1-5-9-18-15(4,11-17)8-6-7-10-20-13(3)14(16)12(2)19-20/h18H,5-10H2,1-4H3. The summed E-state index contributed by atoms with van der Waals surface area (Å²) < 4.78 is 3.15. The Labute approximate surface area is 130 Å². The molecule has 0 radical (unpaired) electrons. The molecule has 0 saturated carbocycles. The Kier molecular flexibility index (Phi) is 6.70. The van der Waals surface area contributed by atoms with Crippen LogP contribution in [0.2, 0.25) is 0 Å². The number of aromatic nitrogens is 2. The van der Waals surface area contributed by atoms with Crippen molar-refractivity contribution in [1.29, 1.82) is 5.26 Å². The minimum atomic E-state index is -0.397. The largest absolute Gasteiger partial charge is 0.300 e. The third kappa shape index (κ3) is 4.60. The molecule has 1 aromatic heterocycles. The highest BCUT2D eigenvalue weighted by atomic mass is 79.9. The Hall–Kier alpha value is -0.860. The first-order chi connectivity index (χ1) is 9.43. The van der Waals surface area contributed by atoms with Crippen LogP contribution in [0.25, 0.3) is 0 Å². The lowest BCUT2D eigenvalue weighted by atomic mass is 9.96. The van der Waals surface area contributed by atoms with Gasteiger partial charge in [-0.25, -0.2) is 0 Å². The molecule has 1 aromatic rings. The fourth-order valence-electron chi connectivity index (χ4n) is 2.22. The maximum absolute atomic E-state index is 9.28. The van der Waals surface area contributed by atoms with Crippen molar-refractivity contribution in [1.82, 2.24) is 15.1 Å². The van der Waals surface area contributed by atoms with Gasteiger partial charge in [-0.3, -0.25) is 10.00 Å². The van der Waals surface area contributed by atoms with Crippen LogP contribution in [0.15, 0.2) is 4.47 Å². The smallest absolute Gasteiger partial charge is 0.103 e. The van der Waals surface area contributed by atoms with Gasteiger partial charge in [0, 0.05) is 12.2 Å². The van der Waals surface area contributed by atoms with Crippen LogP contribution >= 0.6 is 15.9 Å². The van der Waals surface area contributed by atoms with Gasteiger partial charge in [-0.2, -0.15) is 10.4 Å². The number of hydrogen-bond donors (Lipinski definition) is 1. The topological polar surface area (TPSA) is 53.6 Å². The molecule has 5 heteroatoms. The third-order valence-electron chi connectivity index (χ3n) is 3.60. The molecule has 1 atom stereocenters. The quantitative estimate of drug-likeness (QED) is 0.733. The first-order valence-electron chi connectivity index (χ1n) is 7.29. The van der Waals surface area contributed by atoms with Gasteiger partial charge in [0.2, 0.25) is 0 Å². The second-order valence-corrected chi connectivity index (χ2v) is 6.33. The van der Waals surface area contributed by atoms with E-state index in [2.05, 4.69) is 46.3 Å². The van der Waals surface area contributed by atoms with Gasteiger partial charge in [-0.05, 0) is 68.9 Å². The molecule has 0 aliphatic carbocycles. The molecule has 1 heterocycles. The number of hydrogen-bond acceptors (Lipinski definition) is 3. The monoisotopic (exact) mass is 340 g/mol. The van der Waals surface area contributed by atoms with Gasteiger partial charge < -0.3 is 0 Å². The zero-order chi connectivity index (χ0) is 15.2. The van der Waals surface area contributed by atoms with Crippen LogP contribution in [0.5, 0.6) is 0 Å². The molecule has 0 saturated heterocycles. The fraction of sp³-hybridized carbons (Fsp3) is 0.733. The average Bonchev–Trinajstić information content (AvgIpc) is 2.69. The van der Waals surface area contributed by atoms with Crippen molar-refractivity contribution < 1.29 is 0 Å². The van der Waals surface area contributed by atoms with Crippen molar-refractivity contribution in [3.05, 3.63) is 15.9 Å². The minimum Gasteiger partial charge on any atom is -0.300 e. The van der Waals surface area contributed by atoms with Crippen LogP contribution in [0.4, 0.5) is 0 Å². The van der Waals surface area contributed by atoms with Crippen LogP contribution in [-0.2, 0) is 6.54 Å². The lowest BCUT2D eigenvalue weighted by molar-refractivity contribution is 0.392. The molecule has 1 rings (SSSR count). The third-order valence-corrected chi connectivity index (χ3v) is 4.75. The predicted octanol–water partition coefficient (Wildman–Crippen LogP) is 3.71. The van der Waals surface area contributed by atoms with E-state index in [1.165, 1.54) is 5.69 Å². The highest BCUT2D eigenvalue weighted by Crippen LogP contribution is 2.20. The van der Waals surface area contributed by atoms with E-state index in [9.17, 15) is 5.26 Å². The summed E-state index contributed by atoms with van der Waals surface area (Å²) in [4.78, 5) is 0. The van der Waals surface area contributed by atoms with Crippen LogP contribution in [0.1, 0.15) is 50.9 Å². The highest BCUT2D eigenvalue weighted by Gasteiger charge is 2.21. The molecule has 0 aliphatic rings. The second-order valence-electron chi connectivity index (χ2n) is 5.54. The van der Waals surface area contributed by atoms with Crippen molar-refractivity contribution in [3.8, 4) is 6.07 Å². The maximum atomic E-state index is 9.28. The van der Waals surface area contributed by atoms with E-state index >= 15 is 0 Å². The number of rotatable bonds is 8. The summed E-state index contributed by atoms with van der Waals surface area (Å²) in [6, 6.07) is 2.40. The minimum absolute atomic E-state index is 0.397. The SMILES string of the molecule is CCCNC(C)(C#N)CCCCn1nc(C)c(Br)c1C. The van der Waals surface area contributed by atoms with Crippen LogP contribution < -0.4 is 5.32 Å². The van der Waals surface area contributed by atoms with Gasteiger partial charge in [-0.1, -0.05) is 6.92 Å². The Morgan fingerprint density at radius 3 is 2.60 bits per heavy atom. The first-order valence-corrected chi connectivity index (χ1v) is 8.08. The van der Waals surface area contributed by atoms with Crippen LogP contribution in [0, 0.1) is 25.2 Å². The summed E-state index contributed by atoms with van der Waals surface area (Å²) in [6.45, 7) is 10.00. The van der Waals surface area contributed by atoms with Crippen molar-refractivity contribution in [2.24, 2.45) is 0 Å². The normalized spacial score (nSPS) is 14.0. The molecular formula is C15H25BrN4. The summed E-state index contributed by atoms with van der Waals surface area (Å²) in [7, 11) is 0. The summed E-state index contributed by atoms with van der Waals surface area (Å²) in [5.74, 6) is 0. The summed E-state index contributed by atoms with van der Waals surface area (Å²) in [6.07, 6.45) is 4.00. The molecule has 0 aliphatic heterocycles. The molecule has 112 valence electrons. The number of nitrogens with zero attached hydrogens (tertiary/aromatic N) is 3. The molecule has 1 unspecified atom stereocenters. The molecule has 0 spiro atoms. The van der Waals surface area contributed by atoms with Crippen molar-refractivity contribution in [2.45, 2.75) is 65.5 Å². The Bertz CT molecular complexity index is 475. The zero-order valence-electron chi connectivity index (χ0n) is 13.0. The molecule has 1 N–H and O–H groups in total. The molecule has 0 bridgehead atoms. The lowest BCUT2D eigenvalue weighted by Crippen LogP contribution is -2.41. The number of unbranched alkanes of at least 4 members (excludes halogenated alkanes) is 1. The van der Waals surface area contributed by atoms with Crippen molar-refractivity contribution >= 4 is 15.9 Å². The van der Waals surface area contributed by atoms with Gasteiger partial charge in [0.25, 0.3) is 0 Å². The van der Waals surface area contributed by atoms with E-state index in [-0.39, 0.29) is 0 Å². The van der Waals surface area contributed by atoms with E-state index in [1.807, 2.05) is 18.5 Å². The van der Waals surface area contributed by atoms with E-state index < -0.39 is 5.54 Å². The molecule has 20 heavy (non-hydrogen) atoms. The summed E-state index contributed by atoms with van der Waals surface area (Å²) in [5.41, 5.74) is 1.81. The number of nitriles is 1. The first kappa shape index (κ1) is 17.2. The molecule has 0 fully saturated rings. The summed E-state index contributed by atoms with van der Waals surface area (Å²) >= 11 is 3.54. The molecule has 0 amide bonds. The summed E-state index contributed by atoms with van der Waals surface area (Å²) in [5, 5.41) is 17.1. The van der Waals surface area contributed by atoms with Crippen molar-refractivity contribution in [2.75, 3.05) is 6.54 Å². The van der Waals surface area contributed by atoms with Crippen molar-refractivity contribution in [3.63, 3.8) is 0 Å². The van der Waals surface area contributed by atoms with E-state index in [4.69, 9.17) is 0 Å². The average molecular weight is 341 g/mol. The van der Waals surface area contributed by atoms with Gasteiger partial charge in [0.05, 0.1) is 16.2 Å². The Balaban J connectivity index is 2.41. The number of halogens is 1. The second kappa shape index (κ2) is 7.80. The van der Waals surface area contributed by atoms with E-state index in [0.717, 1.165) is 48.9 Å². The predicted molar refractivity (Wildman–Crippen MR) is 85.6 cm³/mol. The van der Waals surface area contributed by atoms with E-state index in [1.54, 1.807) is 0 Å². The van der Waals surface area contributed by atoms with Gasteiger partial charge in [0.15, 0.2) is 0 Å². The highest BCUT2D eigenvalue weighted by molar-refractivity contribution is 9.10. The van der Waals surface area contributed by atoms with Gasteiger partial charge >= 0.3 is 0 Å². The lowest BCUT2D eigenvalue weighted by Gasteiger charge is -2.23. The van der Waals surface area contributed by atoms with E-state index in [0.29, 0.717) is 0 Å².